The third kappa shape index (κ3) is 4.16. The van der Waals surface area contributed by atoms with Crippen molar-refractivity contribution in [2.45, 2.75) is 12.1 Å². The summed E-state index contributed by atoms with van der Waals surface area (Å²) >= 11 is 3.90. The molecule has 1 saturated heterocycles. The molecule has 1 aromatic carbocycles. The average Bonchev–Trinajstić information content (AvgIpc) is 2.66. The van der Waals surface area contributed by atoms with Crippen molar-refractivity contribution >= 4 is 23.5 Å². The molecule has 1 aromatic rings. The topological polar surface area (TPSA) is 32.3 Å². The number of hydrogen-bond donors (Lipinski definition) is 2. The van der Waals surface area contributed by atoms with Crippen LogP contribution in [0.5, 0.6) is 0 Å². The SMILES string of the molecule is OCC(NC1CSCCSC1)c1ccc(F)cc1. The van der Waals surface area contributed by atoms with E-state index < -0.39 is 0 Å². The lowest BCUT2D eigenvalue weighted by Gasteiger charge is -2.23. The van der Waals surface area contributed by atoms with Crippen LogP contribution < -0.4 is 5.32 Å². The summed E-state index contributed by atoms with van der Waals surface area (Å²) in [5.74, 6) is 4.30. The number of thioether (sulfide) groups is 2. The molecule has 2 rings (SSSR count). The second-order valence-corrected chi connectivity index (χ2v) is 6.60. The van der Waals surface area contributed by atoms with E-state index in [-0.39, 0.29) is 18.5 Å². The molecule has 1 aliphatic heterocycles. The van der Waals surface area contributed by atoms with Crippen LogP contribution >= 0.6 is 23.5 Å². The van der Waals surface area contributed by atoms with Crippen molar-refractivity contribution in [3.8, 4) is 0 Å². The average molecular weight is 287 g/mol. The van der Waals surface area contributed by atoms with Crippen LogP contribution in [0.2, 0.25) is 0 Å². The Labute approximate surface area is 116 Å². The predicted molar refractivity (Wildman–Crippen MR) is 77.8 cm³/mol. The van der Waals surface area contributed by atoms with Gasteiger partial charge in [-0.2, -0.15) is 23.5 Å². The summed E-state index contributed by atoms with van der Waals surface area (Å²) in [4.78, 5) is 0. The summed E-state index contributed by atoms with van der Waals surface area (Å²) in [6.07, 6.45) is 0. The summed E-state index contributed by atoms with van der Waals surface area (Å²) in [5.41, 5.74) is 0.943. The van der Waals surface area contributed by atoms with Gasteiger partial charge in [-0.3, -0.25) is 0 Å². The molecule has 1 fully saturated rings. The minimum Gasteiger partial charge on any atom is -0.394 e. The number of hydrogen-bond acceptors (Lipinski definition) is 4. The van der Waals surface area contributed by atoms with Crippen molar-refractivity contribution in [3.05, 3.63) is 35.6 Å². The van der Waals surface area contributed by atoms with E-state index in [1.165, 1.54) is 23.6 Å². The molecule has 0 bridgehead atoms. The molecular weight excluding hydrogens is 269 g/mol. The van der Waals surface area contributed by atoms with E-state index in [1.807, 2.05) is 23.5 Å². The van der Waals surface area contributed by atoms with Gasteiger partial charge in [-0.25, -0.2) is 4.39 Å². The van der Waals surface area contributed by atoms with Gasteiger partial charge in [-0.1, -0.05) is 12.1 Å². The first-order valence-corrected chi connectivity index (χ1v) is 8.38. The van der Waals surface area contributed by atoms with E-state index in [1.54, 1.807) is 12.1 Å². The Bertz CT molecular complexity index is 353. The fourth-order valence-electron chi connectivity index (χ4n) is 1.95. The highest BCUT2D eigenvalue weighted by Crippen LogP contribution is 2.20. The van der Waals surface area contributed by atoms with Gasteiger partial charge in [-0.05, 0) is 17.7 Å². The number of nitrogens with one attached hydrogen (secondary N) is 1. The van der Waals surface area contributed by atoms with Gasteiger partial charge in [0.15, 0.2) is 0 Å². The Kier molecular flexibility index (Phi) is 5.82. The van der Waals surface area contributed by atoms with Crippen LogP contribution in [0.3, 0.4) is 0 Å². The molecule has 0 spiro atoms. The van der Waals surface area contributed by atoms with E-state index in [4.69, 9.17) is 0 Å². The van der Waals surface area contributed by atoms with Crippen molar-refractivity contribution in [2.24, 2.45) is 0 Å². The fourth-order valence-corrected chi connectivity index (χ4v) is 4.37. The fraction of sp³-hybridized carbons (Fsp3) is 0.538. The molecule has 0 amide bonds. The zero-order valence-electron chi connectivity index (χ0n) is 10.1. The van der Waals surface area contributed by atoms with Crippen molar-refractivity contribution in [1.29, 1.82) is 0 Å². The van der Waals surface area contributed by atoms with E-state index in [9.17, 15) is 9.50 Å². The first kappa shape index (κ1) is 14.2. The molecule has 0 radical (unpaired) electrons. The number of aliphatic hydroxyl groups is 1. The van der Waals surface area contributed by atoms with Crippen molar-refractivity contribution in [2.75, 3.05) is 29.6 Å². The second kappa shape index (κ2) is 7.38. The molecule has 0 aromatic heterocycles. The summed E-state index contributed by atoms with van der Waals surface area (Å²) in [7, 11) is 0. The van der Waals surface area contributed by atoms with Gasteiger partial charge in [0.1, 0.15) is 5.82 Å². The standard InChI is InChI=1S/C13H18FNOS2/c14-11-3-1-10(2-4-11)13(7-16)15-12-8-17-5-6-18-9-12/h1-4,12-13,15-16H,5-9H2. The third-order valence-corrected chi connectivity index (χ3v) is 5.42. The van der Waals surface area contributed by atoms with Crippen molar-refractivity contribution in [3.63, 3.8) is 0 Å². The van der Waals surface area contributed by atoms with Crippen LogP contribution in [0.4, 0.5) is 4.39 Å². The number of aliphatic hydroxyl groups excluding tert-OH is 1. The Balaban J connectivity index is 1.97. The molecule has 0 aliphatic carbocycles. The summed E-state index contributed by atoms with van der Waals surface area (Å²) in [6.45, 7) is 0.0392. The van der Waals surface area contributed by atoms with Crippen molar-refractivity contribution < 1.29 is 9.50 Å². The van der Waals surface area contributed by atoms with Gasteiger partial charge in [0, 0.05) is 29.1 Å². The van der Waals surface area contributed by atoms with Crippen LogP contribution in [0.25, 0.3) is 0 Å². The van der Waals surface area contributed by atoms with Crippen LogP contribution in [0, 0.1) is 5.82 Å². The number of rotatable bonds is 4. The van der Waals surface area contributed by atoms with Gasteiger partial charge in [-0.15, -0.1) is 0 Å². The molecule has 0 saturated carbocycles. The Morgan fingerprint density at radius 2 is 1.83 bits per heavy atom. The van der Waals surface area contributed by atoms with E-state index >= 15 is 0 Å². The Morgan fingerprint density at radius 3 is 2.39 bits per heavy atom. The van der Waals surface area contributed by atoms with Crippen molar-refractivity contribution in [1.82, 2.24) is 5.32 Å². The molecule has 1 heterocycles. The van der Waals surface area contributed by atoms with E-state index in [0.29, 0.717) is 6.04 Å². The highest BCUT2D eigenvalue weighted by Gasteiger charge is 2.18. The highest BCUT2D eigenvalue weighted by atomic mass is 32.2. The quantitative estimate of drug-likeness (QED) is 0.890. The largest absolute Gasteiger partial charge is 0.394 e. The molecule has 5 heteroatoms. The van der Waals surface area contributed by atoms with Crippen LogP contribution in [0.15, 0.2) is 24.3 Å². The maximum atomic E-state index is 12.9. The van der Waals surface area contributed by atoms with Crippen LogP contribution in [-0.4, -0.2) is 40.8 Å². The highest BCUT2D eigenvalue weighted by molar-refractivity contribution is 8.03. The van der Waals surface area contributed by atoms with Gasteiger partial charge in [0.05, 0.1) is 12.6 Å². The lowest BCUT2D eigenvalue weighted by Crippen LogP contribution is -2.38. The zero-order valence-corrected chi connectivity index (χ0v) is 11.8. The maximum absolute atomic E-state index is 12.9. The number of halogens is 1. The minimum absolute atomic E-state index is 0.0392. The molecule has 100 valence electrons. The molecule has 18 heavy (non-hydrogen) atoms. The Morgan fingerprint density at radius 1 is 1.22 bits per heavy atom. The summed E-state index contributed by atoms with van der Waals surface area (Å²) in [6, 6.07) is 6.66. The minimum atomic E-state index is -0.240. The smallest absolute Gasteiger partial charge is 0.123 e. The molecule has 2 N–H and O–H groups in total. The summed E-state index contributed by atoms with van der Waals surface area (Å²) in [5, 5.41) is 12.9. The maximum Gasteiger partial charge on any atom is 0.123 e. The first-order chi connectivity index (χ1) is 8.79. The normalized spacial score (nSPS) is 19.4. The lowest BCUT2D eigenvalue weighted by molar-refractivity contribution is 0.238. The first-order valence-electron chi connectivity index (χ1n) is 6.07. The molecular formula is C13H18FNOS2. The van der Waals surface area contributed by atoms with Crippen LogP contribution in [0.1, 0.15) is 11.6 Å². The van der Waals surface area contributed by atoms with E-state index in [0.717, 1.165) is 17.1 Å². The monoisotopic (exact) mass is 287 g/mol. The predicted octanol–water partition coefficient (Wildman–Crippen LogP) is 2.30. The zero-order chi connectivity index (χ0) is 12.8. The Hall–Kier alpha value is -0.230. The van der Waals surface area contributed by atoms with Gasteiger partial charge in [0.25, 0.3) is 0 Å². The summed E-state index contributed by atoms with van der Waals surface area (Å²) < 4.78 is 12.9. The second-order valence-electron chi connectivity index (χ2n) is 4.30. The lowest BCUT2D eigenvalue weighted by atomic mass is 10.1. The molecule has 1 atom stereocenters. The van der Waals surface area contributed by atoms with Gasteiger partial charge < -0.3 is 10.4 Å². The molecule has 1 aliphatic rings. The molecule has 1 unspecified atom stereocenters. The van der Waals surface area contributed by atoms with Crippen LogP contribution in [-0.2, 0) is 0 Å². The van der Waals surface area contributed by atoms with E-state index in [2.05, 4.69) is 5.32 Å². The van der Waals surface area contributed by atoms with Gasteiger partial charge in [0.2, 0.25) is 0 Å². The third-order valence-electron chi connectivity index (χ3n) is 2.90. The number of benzene rings is 1. The van der Waals surface area contributed by atoms with Gasteiger partial charge >= 0.3 is 0 Å². The molecule has 2 nitrogen and oxygen atoms in total.